The summed E-state index contributed by atoms with van der Waals surface area (Å²) < 4.78 is 6.90. The van der Waals surface area contributed by atoms with Crippen LogP contribution < -0.4 is 0 Å². The van der Waals surface area contributed by atoms with E-state index in [4.69, 9.17) is 27.9 Å². The largest absolute Gasteiger partial charge is 0.456 e. The van der Waals surface area contributed by atoms with E-state index < -0.39 is 17.8 Å². The summed E-state index contributed by atoms with van der Waals surface area (Å²) in [6.45, 7) is -0.0850. The van der Waals surface area contributed by atoms with Crippen molar-refractivity contribution in [1.29, 1.82) is 0 Å². The molecule has 0 radical (unpaired) electrons. The molecule has 1 aliphatic heterocycles. The number of benzene rings is 1. The van der Waals surface area contributed by atoms with Gasteiger partial charge in [-0.2, -0.15) is 0 Å². The van der Waals surface area contributed by atoms with Crippen molar-refractivity contribution >= 4 is 46.6 Å². The van der Waals surface area contributed by atoms with Crippen LogP contribution in [0.2, 0.25) is 10.0 Å². The second-order valence-electron chi connectivity index (χ2n) is 5.98. The van der Waals surface area contributed by atoms with Crippen molar-refractivity contribution in [1.82, 2.24) is 14.3 Å². The zero-order valence-electron chi connectivity index (χ0n) is 13.9. The molecule has 0 spiro atoms. The Hall–Kier alpha value is -2.90. The molecule has 0 N–H and O–H groups in total. The first-order chi connectivity index (χ1) is 12.8. The lowest BCUT2D eigenvalue weighted by Gasteiger charge is -2.04. The average molecular weight is 404 g/mol. The number of pyridine rings is 1. The molecule has 1 aliphatic rings. The average Bonchev–Trinajstić information content (AvgIpc) is 3.15. The molecule has 0 unspecified atom stereocenters. The summed E-state index contributed by atoms with van der Waals surface area (Å²) in [6.07, 6.45) is 3.29. The van der Waals surface area contributed by atoms with E-state index in [1.807, 2.05) is 0 Å². The smallest absolute Gasteiger partial charge is 0.338 e. The Bertz CT molecular complexity index is 1140. The van der Waals surface area contributed by atoms with Crippen molar-refractivity contribution in [2.24, 2.45) is 0 Å². The molecule has 0 saturated heterocycles. The van der Waals surface area contributed by atoms with Crippen LogP contribution >= 0.6 is 23.2 Å². The van der Waals surface area contributed by atoms with Crippen molar-refractivity contribution in [2.45, 2.75) is 6.61 Å². The molecule has 3 aromatic rings. The maximum Gasteiger partial charge on any atom is 0.338 e. The van der Waals surface area contributed by atoms with Crippen LogP contribution in [0.4, 0.5) is 0 Å². The number of halogens is 2. The lowest BCUT2D eigenvalue weighted by atomic mass is 10.1. The predicted molar refractivity (Wildman–Crippen MR) is 97.2 cm³/mol. The minimum absolute atomic E-state index is 0.0850. The van der Waals surface area contributed by atoms with Gasteiger partial charge in [-0.05, 0) is 24.3 Å². The van der Waals surface area contributed by atoms with E-state index in [0.717, 1.165) is 4.90 Å². The SMILES string of the molecule is CN1C(=O)c2ccc(C(=O)OCc3cn4cc(Cl)cc(Cl)c4n3)cc2C1=O. The van der Waals surface area contributed by atoms with Gasteiger partial charge in [0.15, 0.2) is 5.65 Å². The number of nitrogens with zero attached hydrogens (tertiary/aromatic N) is 3. The molecule has 2 amide bonds. The third-order valence-corrected chi connectivity index (χ3v) is 4.68. The van der Waals surface area contributed by atoms with Crippen molar-refractivity contribution < 1.29 is 19.1 Å². The molecule has 7 nitrogen and oxygen atoms in total. The van der Waals surface area contributed by atoms with Crippen LogP contribution in [0.3, 0.4) is 0 Å². The maximum atomic E-state index is 12.3. The summed E-state index contributed by atoms with van der Waals surface area (Å²) in [5.74, 6) is -1.47. The van der Waals surface area contributed by atoms with Gasteiger partial charge in [0.1, 0.15) is 6.61 Å². The molecule has 0 fully saturated rings. The number of esters is 1. The minimum atomic E-state index is -0.631. The van der Waals surface area contributed by atoms with E-state index in [9.17, 15) is 14.4 Å². The number of imide groups is 1. The highest BCUT2D eigenvalue weighted by atomic mass is 35.5. The van der Waals surface area contributed by atoms with Gasteiger partial charge in [-0.15, -0.1) is 0 Å². The first-order valence-electron chi connectivity index (χ1n) is 7.81. The number of carbonyl (C=O) groups excluding carboxylic acids is 3. The van der Waals surface area contributed by atoms with Crippen LogP contribution in [-0.2, 0) is 11.3 Å². The van der Waals surface area contributed by atoms with Crippen LogP contribution in [-0.4, -0.2) is 39.1 Å². The lowest BCUT2D eigenvalue weighted by Crippen LogP contribution is -2.24. The standard InChI is InChI=1S/C18H11Cl2N3O4/c1-22-16(24)12-3-2-9(4-13(12)17(22)25)18(26)27-8-11-7-23-6-10(19)5-14(20)15(23)21-11/h2-7H,8H2,1H3. The van der Waals surface area contributed by atoms with E-state index >= 15 is 0 Å². The van der Waals surface area contributed by atoms with Crippen LogP contribution in [0.15, 0.2) is 36.7 Å². The molecule has 27 heavy (non-hydrogen) atoms. The van der Waals surface area contributed by atoms with Gasteiger partial charge in [0.2, 0.25) is 0 Å². The lowest BCUT2D eigenvalue weighted by molar-refractivity contribution is 0.0468. The number of aromatic nitrogens is 2. The Morgan fingerprint density at radius 1 is 1.11 bits per heavy atom. The highest BCUT2D eigenvalue weighted by Crippen LogP contribution is 2.24. The summed E-state index contributed by atoms with van der Waals surface area (Å²) in [5, 5.41) is 0.835. The molecular weight excluding hydrogens is 393 g/mol. The van der Waals surface area contributed by atoms with Gasteiger partial charge in [0, 0.05) is 19.4 Å². The first-order valence-corrected chi connectivity index (χ1v) is 8.57. The molecule has 0 atom stereocenters. The molecular formula is C18H11Cl2N3O4. The Labute approximate surface area is 163 Å². The molecule has 1 aromatic carbocycles. The number of imidazole rings is 1. The van der Waals surface area contributed by atoms with E-state index in [-0.39, 0.29) is 23.3 Å². The van der Waals surface area contributed by atoms with Gasteiger partial charge in [-0.25, -0.2) is 9.78 Å². The number of carbonyl (C=O) groups is 3. The Kier molecular flexibility index (Phi) is 4.13. The van der Waals surface area contributed by atoms with Crippen LogP contribution in [0.25, 0.3) is 5.65 Å². The van der Waals surface area contributed by atoms with Crippen LogP contribution in [0.5, 0.6) is 0 Å². The second-order valence-corrected chi connectivity index (χ2v) is 6.82. The van der Waals surface area contributed by atoms with Crippen LogP contribution in [0.1, 0.15) is 36.8 Å². The van der Waals surface area contributed by atoms with Gasteiger partial charge in [0.25, 0.3) is 11.8 Å². The number of rotatable bonds is 3. The third-order valence-electron chi connectivity index (χ3n) is 4.20. The Morgan fingerprint density at radius 3 is 2.63 bits per heavy atom. The van der Waals surface area contributed by atoms with Crippen molar-refractivity contribution in [3.05, 3.63) is 69.1 Å². The third kappa shape index (κ3) is 2.94. The number of hydrogen-bond donors (Lipinski definition) is 0. The zero-order chi connectivity index (χ0) is 19.3. The van der Waals surface area contributed by atoms with E-state index in [2.05, 4.69) is 4.98 Å². The minimum Gasteiger partial charge on any atom is -0.456 e. The topological polar surface area (TPSA) is 81.0 Å². The number of hydrogen-bond acceptors (Lipinski definition) is 5. The Morgan fingerprint density at radius 2 is 1.85 bits per heavy atom. The fourth-order valence-corrected chi connectivity index (χ4v) is 3.38. The highest BCUT2D eigenvalue weighted by Gasteiger charge is 2.33. The number of fused-ring (bicyclic) bond motifs is 2. The molecule has 9 heteroatoms. The zero-order valence-corrected chi connectivity index (χ0v) is 15.4. The van der Waals surface area contributed by atoms with Crippen LogP contribution in [0, 0.1) is 0 Å². The predicted octanol–water partition coefficient (Wildman–Crippen LogP) is 3.22. The molecule has 0 aliphatic carbocycles. The van der Waals surface area contributed by atoms with Gasteiger partial charge in [-0.1, -0.05) is 23.2 Å². The number of ether oxygens (including phenoxy) is 1. The molecule has 0 saturated carbocycles. The quantitative estimate of drug-likeness (QED) is 0.495. The summed E-state index contributed by atoms with van der Waals surface area (Å²) in [7, 11) is 1.39. The van der Waals surface area contributed by atoms with Gasteiger partial charge < -0.3 is 9.14 Å². The maximum absolute atomic E-state index is 12.3. The van der Waals surface area contributed by atoms with Crippen molar-refractivity contribution in [2.75, 3.05) is 7.05 Å². The molecule has 3 heterocycles. The summed E-state index contributed by atoms with van der Waals surface area (Å²) >= 11 is 12.0. The summed E-state index contributed by atoms with van der Waals surface area (Å²) in [5.41, 5.74) is 1.61. The van der Waals surface area contributed by atoms with Crippen molar-refractivity contribution in [3.63, 3.8) is 0 Å². The van der Waals surface area contributed by atoms with E-state index in [0.29, 0.717) is 21.4 Å². The first kappa shape index (κ1) is 17.5. The highest BCUT2D eigenvalue weighted by molar-refractivity contribution is 6.36. The molecule has 2 aromatic heterocycles. The molecule has 4 rings (SSSR count). The summed E-state index contributed by atoms with van der Waals surface area (Å²) in [4.78, 5) is 41.5. The second kappa shape index (κ2) is 6.37. The Balaban J connectivity index is 1.53. The molecule has 136 valence electrons. The fourth-order valence-electron chi connectivity index (χ4n) is 2.86. The molecule has 0 bridgehead atoms. The monoisotopic (exact) mass is 403 g/mol. The number of amides is 2. The van der Waals surface area contributed by atoms with Crippen molar-refractivity contribution in [3.8, 4) is 0 Å². The van der Waals surface area contributed by atoms with Gasteiger partial charge in [-0.3, -0.25) is 14.5 Å². The van der Waals surface area contributed by atoms with Gasteiger partial charge >= 0.3 is 5.97 Å². The normalized spacial score (nSPS) is 13.4. The summed E-state index contributed by atoms with van der Waals surface area (Å²) in [6, 6.07) is 5.83. The van der Waals surface area contributed by atoms with E-state index in [1.165, 1.54) is 25.2 Å². The van der Waals surface area contributed by atoms with E-state index in [1.54, 1.807) is 22.9 Å². The van der Waals surface area contributed by atoms with Gasteiger partial charge in [0.05, 0.1) is 32.4 Å². The fraction of sp³-hybridized carbons (Fsp3) is 0.111.